The van der Waals surface area contributed by atoms with E-state index in [2.05, 4.69) is 10.5 Å². The van der Waals surface area contributed by atoms with E-state index in [9.17, 15) is 13.2 Å². The number of benzene rings is 4. The monoisotopic (exact) mass is 547 g/mol. The first kappa shape index (κ1) is 26.9. The summed E-state index contributed by atoms with van der Waals surface area (Å²) in [5.41, 5.74) is 5.28. The SMILES string of the molecule is Cc1cccc(N(CC(=O)N/N=C/c2ccccc2OCc2ccc(Cl)cc2)S(=O)(=O)c2ccccc2)c1. The summed E-state index contributed by atoms with van der Waals surface area (Å²) in [5.74, 6) is -0.0182. The molecule has 4 aromatic rings. The van der Waals surface area contributed by atoms with Crippen molar-refractivity contribution < 1.29 is 17.9 Å². The first-order chi connectivity index (χ1) is 18.3. The predicted molar refractivity (Wildman–Crippen MR) is 150 cm³/mol. The van der Waals surface area contributed by atoms with E-state index in [-0.39, 0.29) is 4.90 Å². The minimum Gasteiger partial charge on any atom is -0.488 e. The molecule has 0 aliphatic heterocycles. The van der Waals surface area contributed by atoms with Crippen molar-refractivity contribution in [1.82, 2.24) is 5.43 Å². The highest BCUT2D eigenvalue weighted by molar-refractivity contribution is 7.92. The number of para-hydroxylation sites is 1. The van der Waals surface area contributed by atoms with Crippen molar-refractivity contribution in [2.24, 2.45) is 5.10 Å². The van der Waals surface area contributed by atoms with Gasteiger partial charge in [0, 0.05) is 10.6 Å². The molecule has 0 atom stereocenters. The fourth-order valence-corrected chi connectivity index (χ4v) is 5.18. The Morgan fingerprint density at radius 2 is 1.66 bits per heavy atom. The Morgan fingerprint density at radius 1 is 0.947 bits per heavy atom. The number of hydrazone groups is 1. The summed E-state index contributed by atoms with van der Waals surface area (Å²) in [6.07, 6.45) is 1.46. The average Bonchev–Trinajstić information content (AvgIpc) is 2.92. The highest BCUT2D eigenvalue weighted by Crippen LogP contribution is 2.24. The van der Waals surface area contributed by atoms with Crippen LogP contribution in [0.5, 0.6) is 5.75 Å². The lowest BCUT2D eigenvalue weighted by molar-refractivity contribution is -0.119. The molecule has 0 unspecified atom stereocenters. The third-order valence-corrected chi connectivity index (χ3v) is 7.57. The third-order valence-electron chi connectivity index (χ3n) is 5.53. The quantitative estimate of drug-likeness (QED) is 0.207. The van der Waals surface area contributed by atoms with Gasteiger partial charge in [0.1, 0.15) is 18.9 Å². The van der Waals surface area contributed by atoms with Crippen molar-refractivity contribution in [2.45, 2.75) is 18.4 Å². The van der Waals surface area contributed by atoms with Crippen molar-refractivity contribution in [3.63, 3.8) is 0 Å². The van der Waals surface area contributed by atoms with Crippen molar-refractivity contribution in [3.8, 4) is 5.75 Å². The molecule has 0 heterocycles. The maximum absolute atomic E-state index is 13.4. The molecule has 0 fully saturated rings. The van der Waals surface area contributed by atoms with Crippen molar-refractivity contribution in [1.29, 1.82) is 0 Å². The molecule has 4 rings (SSSR count). The smallest absolute Gasteiger partial charge is 0.264 e. The Kier molecular flexibility index (Phi) is 8.78. The van der Waals surface area contributed by atoms with Gasteiger partial charge in [-0.1, -0.05) is 66.2 Å². The Hall–Kier alpha value is -4.14. The van der Waals surface area contributed by atoms with Gasteiger partial charge in [0.05, 0.1) is 16.8 Å². The summed E-state index contributed by atoms with van der Waals surface area (Å²) < 4.78 is 33.8. The fourth-order valence-electron chi connectivity index (χ4n) is 3.62. The van der Waals surface area contributed by atoms with Crippen molar-refractivity contribution in [3.05, 3.63) is 125 Å². The van der Waals surface area contributed by atoms with Crippen LogP contribution < -0.4 is 14.5 Å². The minimum atomic E-state index is -3.99. The van der Waals surface area contributed by atoms with E-state index in [4.69, 9.17) is 16.3 Å². The van der Waals surface area contributed by atoms with Gasteiger partial charge in [-0.2, -0.15) is 5.10 Å². The maximum atomic E-state index is 13.4. The lowest BCUT2D eigenvalue weighted by Crippen LogP contribution is -2.39. The van der Waals surface area contributed by atoms with Gasteiger partial charge in [0.2, 0.25) is 0 Å². The number of amides is 1. The van der Waals surface area contributed by atoms with Crippen LogP contribution >= 0.6 is 11.6 Å². The maximum Gasteiger partial charge on any atom is 0.264 e. The first-order valence-corrected chi connectivity index (χ1v) is 13.6. The van der Waals surface area contributed by atoms with Gasteiger partial charge in [-0.15, -0.1) is 0 Å². The molecule has 4 aromatic carbocycles. The first-order valence-electron chi connectivity index (χ1n) is 11.8. The number of hydrogen-bond acceptors (Lipinski definition) is 5. The summed E-state index contributed by atoms with van der Waals surface area (Å²) in [7, 11) is -3.99. The average molecular weight is 548 g/mol. The topological polar surface area (TPSA) is 88.1 Å². The summed E-state index contributed by atoms with van der Waals surface area (Å²) in [6, 6.07) is 29.6. The highest BCUT2D eigenvalue weighted by Gasteiger charge is 2.27. The van der Waals surface area contributed by atoms with E-state index >= 15 is 0 Å². The Labute approximate surface area is 227 Å². The van der Waals surface area contributed by atoms with E-state index in [1.54, 1.807) is 60.7 Å². The second-order valence-electron chi connectivity index (χ2n) is 8.41. The molecule has 0 aliphatic rings. The van der Waals surface area contributed by atoms with Crippen LogP contribution in [0.25, 0.3) is 0 Å². The molecule has 1 N–H and O–H groups in total. The minimum absolute atomic E-state index is 0.0876. The number of hydrogen-bond donors (Lipinski definition) is 1. The summed E-state index contributed by atoms with van der Waals surface area (Å²) in [5, 5.41) is 4.69. The van der Waals surface area contributed by atoms with E-state index in [1.165, 1.54) is 18.3 Å². The number of sulfonamides is 1. The number of nitrogens with zero attached hydrogens (tertiary/aromatic N) is 2. The van der Waals surface area contributed by atoms with Crippen molar-refractivity contribution >= 4 is 39.4 Å². The normalized spacial score (nSPS) is 11.3. The molecule has 0 aliphatic carbocycles. The van der Waals surface area contributed by atoms with Crippen LogP contribution in [0.15, 0.2) is 113 Å². The van der Waals surface area contributed by atoms with E-state index in [1.807, 2.05) is 37.3 Å². The number of ether oxygens (including phenoxy) is 1. The molecule has 38 heavy (non-hydrogen) atoms. The highest BCUT2D eigenvalue weighted by atomic mass is 35.5. The molecule has 1 amide bonds. The van der Waals surface area contributed by atoms with Crippen LogP contribution in [-0.4, -0.2) is 27.1 Å². The molecule has 0 saturated carbocycles. The van der Waals surface area contributed by atoms with E-state index in [0.29, 0.717) is 28.6 Å². The van der Waals surface area contributed by atoms with Crippen LogP contribution in [0.2, 0.25) is 5.02 Å². The van der Waals surface area contributed by atoms with Gasteiger partial charge in [0.15, 0.2) is 0 Å². The molecule has 0 bridgehead atoms. The van der Waals surface area contributed by atoms with Crippen LogP contribution in [0, 0.1) is 6.92 Å². The molecule has 7 nitrogen and oxygen atoms in total. The number of carbonyl (C=O) groups excluding carboxylic acids is 1. The number of anilines is 1. The van der Waals surface area contributed by atoms with Gasteiger partial charge in [-0.3, -0.25) is 9.10 Å². The number of halogens is 1. The number of carbonyl (C=O) groups is 1. The second kappa shape index (κ2) is 12.4. The second-order valence-corrected chi connectivity index (χ2v) is 10.7. The van der Waals surface area contributed by atoms with E-state index < -0.39 is 22.5 Å². The zero-order valence-electron chi connectivity index (χ0n) is 20.6. The van der Waals surface area contributed by atoms with Crippen LogP contribution in [0.3, 0.4) is 0 Å². The van der Waals surface area contributed by atoms with Crippen LogP contribution in [0.4, 0.5) is 5.69 Å². The van der Waals surface area contributed by atoms with Crippen molar-refractivity contribution in [2.75, 3.05) is 10.8 Å². The summed E-state index contributed by atoms with van der Waals surface area (Å²) in [4.78, 5) is 12.9. The standard InChI is InChI=1S/C29H26ClN3O4S/c1-22-8-7-10-26(18-22)33(38(35,36)27-11-3-2-4-12-27)20-29(34)32-31-19-24-9-5-6-13-28(24)37-21-23-14-16-25(30)17-15-23/h2-19H,20-21H2,1H3,(H,32,34)/b31-19+. The molecule has 194 valence electrons. The predicted octanol–water partition coefficient (Wildman–Crippen LogP) is 5.57. The molecule has 0 saturated heterocycles. The lowest BCUT2D eigenvalue weighted by Gasteiger charge is -2.24. The van der Waals surface area contributed by atoms with Gasteiger partial charge in [-0.05, 0) is 66.6 Å². The lowest BCUT2D eigenvalue weighted by atomic mass is 10.2. The van der Waals surface area contributed by atoms with Gasteiger partial charge >= 0.3 is 0 Å². The largest absolute Gasteiger partial charge is 0.488 e. The summed E-state index contributed by atoms with van der Waals surface area (Å²) >= 11 is 5.94. The Bertz CT molecular complexity index is 1530. The molecule has 0 radical (unpaired) electrons. The van der Waals surface area contributed by atoms with E-state index in [0.717, 1.165) is 15.4 Å². The third kappa shape index (κ3) is 7.00. The van der Waals surface area contributed by atoms with Gasteiger partial charge < -0.3 is 4.74 Å². The number of rotatable bonds is 10. The zero-order valence-corrected chi connectivity index (χ0v) is 22.2. The summed E-state index contributed by atoms with van der Waals surface area (Å²) in [6.45, 7) is 1.73. The molecule has 0 spiro atoms. The molecule has 0 aromatic heterocycles. The molecule has 9 heteroatoms. The van der Waals surface area contributed by atoms with Gasteiger partial charge in [0.25, 0.3) is 15.9 Å². The molecular formula is C29H26ClN3O4S. The Morgan fingerprint density at radius 3 is 2.39 bits per heavy atom. The van der Waals surface area contributed by atoms with Gasteiger partial charge in [-0.25, -0.2) is 13.8 Å². The fraction of sp³-hybridized carbons (Fsp3) is 0.103. The Balaban J connectivity index is 1.47. The zero-order chi connectivity index (χ0) is 27.0. The van der Waals surface area contributed by atoms with Crippen LogP contribution in [0.1, 0.15) is 16.7 Å². The van der Waals surface area contributed by atoms with Crippen LogP contribution in [-0.2, 0) is 21.4 Å². The molecular weight excluding hydrogens is 522 g/mol. The number of nitrogens with one attached hydrogen (secondary N) is 1. The number of aryl methyl sites for hydroxylation is 1.